The number of aromatic nitrogens is 5. The van der Waals surface area contributed by atoms with E-state index in [-0.39, 0.29) is 18.2 Å². The lowest BCUT2D eigenvalue weighted by atomic mass is 10.1. The summed E-state index contributed by atoms with van der Waals surface area (Å²) in [5.74, 6) is 0.974. The van der Waals surface area contributed by atoms with Gasteiger partial charge in [-0.3, -0.25) is 19.8 Å². The number of benzene rings is 1. The molecule has 0 amide bonds. The summed E-state index contributed by atoms with van der Waals surface area (Å²) in [5, 5.41) is 16.2. The summed E-state index contributed by atoms with van der Waals surface area (Å²) in [5.41, 5.74) is 9.28. The molecule has 9 heteroatoms. The van der Waals surface area contributed by atoms with Crippen molar-refractivity contribution in [3.8, 4) is 28.5 Å². The van der Waals surface area contributed by atoms with Crippen LogP contribution in [0.3, 0.4) is 0 Å². The van der Waals surface area contributed by atoms with Crippen LogP contribution in [0.5, 0.6) is 0 Å². The molecule has 0 unspecified atom stereocenters. The van der Waals surface area contributed by atoms with Crippen molar-refractivity contribution in [2.75, 3.05) is 7.11 Å². The van der Waals surface area contributed by atoms with E-state index in [0.717, 1.165) is 16.8 Å². The first-order valence-electron chi connectivity index (χ1n) is 9.89. The lowest BCUT2D eigenvalue weighted by Gasteiger charge is -2.07. The fourth-order valence-corrected chi connectivity index (χ4v) is 3.18. The maximum atomic E-state index is 11.5. The Balaban J connectivity index is 1.66. The van der Waals surface area contributed by atoms with Gasteiger partial charge in [-0.15, -0.1) is 10.2 Å². The first-order valence-corrected chi connectivity index (χ1v) is 9.89. The van der Waals surface area contributed by atoms with Crippen molar-refractivity contribution in [2.45, 2.75) is 12.8 Å². The number of nitrogen functional groups attached to an aromatic ring is 1. The molecule has 0 atom stereocenters. The average Bonchev–Trinajstić information content (AvgIpc) is 3.27. The van der Waals surface area contributed by atoms with Crippen molar-refractivity contribution in [1.82, 2.24) is 24.7 Å². The summed E-state index contributed by atoms with van der Waals surface area (Å²) in [7, 11) is 1.37. The molecule has 3 heterocycles. The van der Waals surface area contributed by atoms with Crippen LogP contribution in [0.1, 0.15) is 17.7 Å². The zero-order chi connectivity index (χ0) is 22.5. The Bertz CT molecular complexity index is 1230. The molecule has 4 aromatic rings. The van der Waals surface area contributed by atoms with Crippen LogP contribution in [-0.4, -0.2) is 43.6 Å². The minimum absolute atomic E-state index is 0.0176. The van der Waals surface area contributed by atoms with Crippen molar-refractivity contribution < 1.29 is 9.53 Å². The number of nitrogens with one attached hydrogen (secondary N) is 1. The van der Waals surface area contributed by atoms with Crippen molar-refractivity contribution in [3.05, 3.63) is 78.4 Å². The molecule has 0 radical (unpaired) electrons. The third kappa shape index (κ3) is 4.51. The highest BCUT2D eigenvalue weighted by Gasteiger charge is 2.15. The number of rotatable bonds is 7. The van der Waals surface area contributed by atoms with Crippen molar-refractivity contribution in [3.63, 3.8) is 0 Å². The molecular formula is C23H21N7O2. The van der Waals surface area contributed by atoms with Crippen LogP contribution in [0, 0.1) is 5.41 Å². The molecule has 0 bridgehead atoms. The largest absolute Gasteiger partial charge is 0.469 e. The fraction of sp³-hybridized carbons (Fsp3) is 0.130. The molecule has 0 aliphatic carbocycles. The Labute approximate surface area is 184 Å². The van der Waals surface area contributed by atoms with E-state index in [9.17, 15) is 4.79 Å². The maximum Gasteiger partial charge on any atom is 0.305 e. The van der Waals surface area contributed by atoms with Crippen molar-refractivity contribution in [1.29, 1.82) is 5.41 Å². The highest BCUT2D eigenvalue weighted by atomic mass is 16.5. The molecule has 160 valence electrons. The topological polar surface area (TPSA) is 133 Å². The Morgan fingerprint density at radius 1 is 1.09 bits per heavy atom. The van der Waals surface area contributed by atoms with E-state index in [2.05, 4.69) is 20.2 Å². The summed E-state index contributed by atoms with van der Waals surface area (Å²) < 4.78 is 6.56. The molecule has 1 aromatic carbocycles. The Morgan fingerprint density at radius 2 is 1.91 bits per heavy atom. The molecule has 3 aromatic heterocycles. The molecule has 0 fully saturated rings. The van der Waals surface area contributed by atoms with E-state index < -0.39 is 0 Å². The third-order valence-corrected chi connectivity index (χ3v) is 4.88. The highest BCUT2D eigenvalue weighted by molar-refractivity contribution is 5.95. The highest BCUT2D eigenvalue weighted by Crippen LogP contribution is 2.23. The zero-order valence-corrected chi connectivity index (χ0v) is 17.4. The number of aryl methyl sites for hydroxylation is 1. The SMILES string of the molecule is COC(=O)CCc1cn(-c2ccc(-c3ccc(C(=N)N)cc3)nn2)c(-c2cccnc2)n1. The van der Waals surface area contributed by atoms with Gasteiger partial charge in [0.1, 0.15) is 11.7 Å². The summed E-state index contributed by atoms with van der Waals surface area (Å²) in [4.78, 5) is 20.4. The van der Waals surface area contributed by atoms with Gasteiger partial charge >= 0.3 is 5.97 Å². The number of carbonyl (C=O) groups excluding carboxylic acids is 1. The molecule has 0 spiro atoms. The van der Waals surface area contributed by atoms with Gasteiger partial charge in [0.25, 0.3) is 0 Å². The zero-order valence-electron chi connectivity index (χ0n) is 17.4. The molecular weight excluding hydrogens is 406 g/mol. The average molecular weight is 427 g/mol. The number of amidine groups is 1. The number of methoxy groups -OCH3 is 1. The van der Waals surface area contributed by atoms with Gasteiger partial charge in [0.2, 0.25) is 0 Å². The van der Waals surface area contributed by atoms with Crippen LogP contribution in [0.2, 0.25) is 0 Å². The van der Waals surface area contributed by atoms with Gasteiger partial charge in [0.05, 0.1) is 24.9 Å². The lowest BCUT2D eigenvalue weighted by Crippen LogP contribution is -2.10. The maximum absolute atomic E-state index is 11.5. The predicted octanol–water partition coefficient (Wildman–Crippen LogP) is 2.78. The number of imidazole rings is 1. The number of nitrogens with two attached hydrogens (primary N) is 1. The molecule has 0 saturated carbocycles. The molecule has 9 nitrogen and oxygen atoms in total. The van der Waals surface area contributed by atoms with E-state index in [0.29, 0.717) is 29.3 Å². The predicted molar refractivity (Wildman–Crippen MR) is 119 cm³/mol. The van der Waals surface area contributed by atoms with Crippen LogP contribution >= 0.6 is 0 Å². The second-order valence-corrected chi connectivity index (χ2v) is 7.01. The third-order valence-electron chi connectivity index (χ3n) is 4.88. The van der Waals surface area contributed by atoms with Crippen LogP contribution in [0.15, 0.2) is 67.1 Å². The fourth-order valence-electron chi connectivity index (χ4n) is 3.18. The van der Waals surface area contributed by atoms with Gasteiger partial charge in [-0.05, 0) is 24.3 Å². The molecule has 4 rings (SSSR count). The summed E-state index contributed by atoms with van der Waals surface area (Å²) in [6, 6.07) is 14.7. The molecule has 3 N–H and O–H groups in total. The number of hydrogen-bond donors (Lipinski definition) is 2. The van der Waals surface area contributed by atoms with Gasteiger partial charge in [-0.25, -0.2) is 4.98 Å². The van der Waals surface area contributed by atoms with E-state index in [1.165, 1.54) is 7.11 Å². The molecule has 0 aliphatic heterocycles. The Morgan fingerprint density at radius 3 is 2.53 bits per heavy atom. The quantitative estimate of drug-likeness (QED) is 0.263. The minimum Gasteiger partial charge on any atom is -0.469 e. The Hall–Kier alpha value is -4.40. The van der Waals surface area contributed by atoms with Gasteiger partial charge in [-0.2, -0.15) is 0 Å². The minimum atomic E-state index is -0.289. The van der Waals surface area contributed by atoms with Crippen molar-refractivity contribution in [2.24, 2.45) is 5.73 Å². The van der Waals surface area contributed by atoms with E-state index in [4.69, 9.17) is 15.9 Å². The molecule has 0 aliphatic rings. The van der Waals surface area contributed by atoms with Crippen molar-refractivity contribution >= 4 is 11.8 Å². The smallest absolute Gasteiger partial charge is 0.305 e. The van der Waals surface area contributed by atoms with Gasteiger partial charge in [0, 0.05) is 41.7 Å². The monoisotopic (exact) mass is 427 g/mol. The van der Waals surface area contributed by atoms with Gasteiger partial charge in [0.15, 0.2) is 5.82 Å². The van der Waals surface area contributed by atoms with Crippen LogP contribution in [0.25, 0.3) is 28.5 Å². The Kier molecular flexibility index (Phi) is 5.98. The van der Waals surface area contributed by atoms with Crippen LogP contribution in [-0.2, 0) is 16.0 Å². The van der Waals surface area contributed by atoms with E-state index in [1.54, 1.807) is 24.5 Å². The van der Waals surface area contributed by atoms with E-state index >= 15 is 0 Å². The van der Waals surface area contributed by atoms with E-state index in [1.807, 2.05) is 47.2 Å². The summed E-state index contributed by atoms with van der Waals surface area (Å²) >= 11 is 0. The summed E-state index contributed by atoms with van der Waals surface area (Å²) in [6.45, 7) is 0. The second kappa shape index (κ2) is 9.17. The van der Waals surface area contributed by atoms with Gasteiger partial charge < -0.3 is 10.5 Å². The number of pyridine rings is 1. The first-order chi connectivity index (χ1) is 15.5. The normalized spacial score (nSPS) is 10.7. The second-order valence-electron chi connectivity index (χ2n) is 7.01. The number of ether oxygens (including phenoxy) is 1. The standard InChI is InChI=1S/C23H21N7O2/c1-32-21(31)11-8-18-14-30(23(27-18)17-3-2-12-26-13-17)20-10-9-19(28-29-20)15-4-6-16(7-5-15)22(24)25/h2-7,9-10,12-14H,8,11H2,1H3,(H3,24,25). The number of carbonyl (C=O) groups is 1. The van der Waals surface area contributed by atoms with Crippen LogP contribution in [0.4, 0.5) is 0 Å². The summed E-state index contributed by atoms with van der Waals surface area (Å²) in [6.07, 6.45) is 5.95. The van der Waals surface area contributed by atoms with Gasteiger partial charge in [-0.1, -0.05) is 24.3 Å². The lowest BCUT2D eigenvalue weighted by molar-refractivity contribution is -0.140. The first kappa shape index (κ1) is 20.9. The number of esters is 1. The number of nitrogens with zero attached hydrogens (tertiary/aromatic N) is 5. The molecule has 32 heavy (non-hydrogen) atoms. The number of hydrogen-bond acceptors (Lipinski definition) is 7. The van der Waals surface area contributed by atoms with Crippen LogP contribution < -0.4 is 5.73 Å². The molecule has 0 saturated heterocycles.